The first-order chi connectivity index (χ1) is 13.8. The lowest BCUT2D eigenvalue weighted by molar-refractivity contribution is -0.118. The first-order valence-electron chi connectivity index (χ1n) is 9.76. The van der Waals surface area contributed by atoms with Crippen molar-refractivity contribution in [2.45, 2.75) is 54.9 Å². The Balaban J connectivity index is 1.38. The molecule has 154 valence electrons. The summed E-state index contributed by atoms with van der Waals surface area (Å²) in [4.78, 5) is 12.9. The molecule has 6 nitrogen and oxygen atoms in total. The summed E-state index contributed by atoms with van der Waals surface area (Å²) in [6, 6.07) is 3.09. The monoisotopic (exact) mass is 452 g/mol. The molecule has 0 saturated heterocycles. The van der Waals surface area contributed by atoms with Gasteiger partial charge in [-0.05, 0) is 72.2 Å². The molecule has 1 fully saturated rings. The van der Waals surface area contributed by atoms with Crippen molar-refractivity contribution in [1.82, 2.24) is 4.72 Å². The van der Waals surface area contributed by atoms with E-state index in [0.717, 1.165) is 82.8 Å². The maximum Gasteiger partial charge on any atom is 0.252 e. The van der Waals surface area contributed by atoms with Crippen molar-refractivity contribution in [2.24, 2.45) is 5.92 Å². The average molecular weight is 453 g/mol. The van der Waals surface area contributed by atoms with Gasteiger partial charge < -0.3 is 10.4 Å². The largest absolute Gasteiger partial charge is 0.374 e. The van der Waals surface area contributed by atoms with Gasteiger partial charge in [-0.2, -0.15) is 4.72 Å². The Labute approximate surface area is 178 Å². The predicted octanol–water partition coefficient (Wildman–Crippen LogP) is 3.00. The minimum Gasteiger partial charge on any atom is -0.374 e. The van der Waals surface area contributed by atoms with Crippen LogP contribution >= 0.6 is 22.9 Å². The summed E-state index contributed by atoms with van der Waals surface area (Å²) in [5, 5.41) is 16.2. The highest BCUT2D eigenvalue weighted by atomic mass is 35.5. The zero-order valence-electron chi connectivity index (χ0n) is 15.6. The topological polar surface area (TPSA) is 95.5 Å². The van der Waals surface area contributed by atoms with E-state index in [-0.39, 0.29) is 16.5 Å². The lowest BCUT2D eigenvalue weighted by Crippen LogP contribution is -2.40. The van der Waals surface area contributed by atoms with Gasteiger partial charge in [0.05, 0.1) is 5.92 Å². The van der Waals surface area contributed by atoms with Crippen LogP contribution < -0.4 is 10.0 Å². The smallest absolute Gasteiger partial charge is 0.252 e. The van der Waals surface area contributed by atoms with Crippen LogP contribution in [0.15, 0.2) is 21.7 Å². The number of fused-ring (bicyclic) bond motifs is 2. The van der Waals surface area contributed by atoms with E-state index >= 15 is 0 Å². The normalized spacial score (nSPS) is 25.0. The number of sulfonamides is 1. The van der Waals surface area contributed by atoms with Gasteiger partial charge in [0, 0.05) is 17.1 Å². The van der Waals surface area contributed by atoms with Gasteiger partial charge in [-0.25, -0.2) is 8.42 Å². The number of nitrogens with one attached hydrogen (secondary N) is 2. The Morgan fingerprint density at radius 1 is 1.14 bits per heavy atom. The molecule has 2 atom stereocenters. The van der Waals surface area contributed by atoms with E-state index in [1.54, 1.807) is 11.4 Å². The lowest BCUT2D eigenvalue weighted by atomic mass is 9.98. The first kappa shape index (κ1) is 19.5. The fraction of sp³-hybridized carbons (Fsp3) is 0.450. The van der Waals surface area contributed by atoms with Crippen LogP contribution in [0, 0.1) is 5.92 Å². The number of amides is 1. The second-order valence-corrected chi connectivity index (χ2v) is 11.3. The van der Waals surface area contributed by atoms with Gasteiger partial charge in [-0.3, -0.25) is 4.79 Å². The SMILES string of the molecule is O=C(Nc1c2c(c(Cl)c3c1CCC3)CCC2)C1CC1(O)NS(=O)(=O)c1cccs1. The van der Waals surface area contributed by atoms with Gasteiger partial charge in [0.25, 0.3) is 10.0 Å². The molecular formula is C20H21ClN2O4S2. The van der Waals surface area contributed by atoms with E-state index in [0.29, 0.717) is 0 Å². The third-order valence-corrected chi connectivity index (χ3v) is 9.49. The van der Waals surface area contributed by atoms with Gasteiger partial charge in [0.1, 0.15) is 9.93 Å². The molecule has 1 aromatic heterocycles. The Morgan fingerprint density at radius 2 is 1.76 bits per heavy atom. The molecule has 1 saturated carbocycles. The van der Waals surface area contributed by atoms with Gasteiger partial charge in [0.2, 0.25) is 5.91 Å². The molecule has 0 spiro atoms. The summed E-state index contributed by atoms with van der Waals surface area (Å²) in [7, 11) is -3.86. The molecule has 0 aliphatic heterocycles. The molecule has 1 heterocycles. The van der Waals surface area contributed by atoms with Gasteiger partial charge in [-0.15, -0.1) is 11.3 Å². The van der Waals surface area contributed by atoms with Crippen molar-refractivity contribution in [3.05, 3.63) is 44.8 Å². The second kappa shape index (κ2) is 6.78. The van der Waals surface area contributed by atoms with Crippen molar-refractivity contribution in [3.8, 4) is 0 Å². The number of rotatable bonds is 5. The van der Waals surface area contributed by atoms with Crippen LogP contribution in [0.4, 0.5) is 5.69 Å². The van der Waals surface area contributed by atoms with Crippen molar-refractivity contribution in [1.29, 1.82) is 0 Å². The molecule has 0 radical (unpaired) electrons. The summed E-state index contributed by atoms with van der Waals surface area (Å²) in [6.45, 7) is 0. The summed E-state index contributed by atoms with van der Waals surface area (Å²) in [5.74, 6) is -1.17. The number of thiophene rings is 1. The van der Waals surface area contributed by atoms with Crippen molar-refractivity contribution in [2.75, 3.05) is 5.32 Å². The fourth-order valence-corrected chi connectivity index (χ4v) is 7.34. The Hall–Kier alpha value is -1.45. The summed E-state index contributed by atoms with van der Waals surface area (Å²) in [6.07, 6.45) is 5.65. The molecule has 2 aromatic rings. The molecule has 2 unspecified atom stereocenters. The third-order valence-electron chi connectivity index (χ3n) is 6.14. The fourth-order valence-electron chi connectivity index (χ4n) is 4.62. The molecule has 0 bridgehead atoms. The molecule has 3 N–H and O–H groups in total. The average Bonchev–Trinajstić information content (AvgIpc) is 3.23. The zero-order chi connectivity index (χ0) is 20.4. The number of anilines is 1. The van der Waals surface area contributed by atoms with Gasteiger partial charge in [-0.1, -0.05) is 17.7 Å². The van der Waals surface area contributed by atoms with E-state index in [9.17, 15) is 18.3 Å². The number of hydrogen-bond acceptors (Lipinski definition) is 5. The highest BCUT2D eigenvalue weighted by molar-refractivity contribution is 7.91. The van der Waals surface area contributed by atoms with Crippen LogP contribution in [0.2, 0.25) is 5.02 Å². The van der Waals surface area contributed by atoms with Crippen molar-refractivity contribution >= 4 is 44.6 Å². The van der Waals surface area contributed by atoms with Gasteiger partial charge >= 0.3 is 0 Å². The molecule has 9 heteroatoms. The van der Waals surface area contributed by atoms with E-state index < -0.39 is 21.7 Å². The molecular weight excluding hydrogens is 432 g/mol. The minimum atomic E-state index is -3.86. The molecule has 3 aliphatic rings. The number of halogens is 1. The van der Waals surface area contributed by atoms with Crippen LogP contribution in [0.5, 0.6) is 0 Å². The van der Waals surface area contributed by atoms with Crippen molar-refractivity contribution in [3.63, 3.8) is 0 Å². The first-order valence-corrected chi connectivity index (χ1v) is 12.5. The van der Waals surface area contributed by atoms with E-state index in [1.165, 1.54) is 6.07 Å². The maximum absolute atomic E-state index is 12.9. The van der Waals surface area contributed by atoms with E-state index in [4.69, 9.17) is 11.6 Å². The molecule has 5 rings (SSSR count). The van der Waals surface area contributed by atoms with E-state index in [1.807, 2.05) is 0 Å². The highest BCUT2D eigenvalue weighted by Crippen LogP contribution is 2.46. The quantitative estimate of drug-likeness (QED) is 0.607. The zero-order valence-corrected chi connectivity index (χ0v) is 18.0. The molecule has 1 amide bonds. The van der Waals surface area contributed by atoms with E-state index in [2.05, 4.69) is 10.0 Å². The second-order valence-electron chi connectivity index (χ2n) is 8.02. The standard InChI is InChI=1S/C20H21ClN2O4S2/c21-17-11-4-1-6-13(11)18(14-7-2-5-12(14)17)22-19(24)15-10-20(15,25)23-29(26,27)16-8-3-9-28-16/h3,8-9,15,23,25H,1-2,4-7,10H2,(H,22,24). The molecule has 29 heavy (non-hydrogen) atoms. The predicted molar refractivity (Wildman–Crippen MR) is 112 cm³/mol. The van der Waals surface area contributed by atoms with Crippen LogP contribution in [0.25, 0.3) is 0 Å². The number of carbonyl (C=O) groups is 1. The van der Waals surface area contributed by atoms with Crippen LogP contribution in [0.1, 0.15) is 41.5 Å². The van der Waals surface area contributed by atoms with Gasteiger partial charge in [0.15, 0.2) is 0 Å². The number of hydrogen-bond donors (Lipinski definition) is 3. The van der Waals surface area contributed by atoms with Crippen LogP contribution in [-0.4, -0.2) is 25.2 Å². The third kappa shape index (κ3) is 3.21. The summed E-state index contributed by atoms with van der Waals surface area (Å²) in [5.41, 5.74) is 3.57. The number of aliphatic hydroxyl groups is 1. The Morgan fingerprint density at radius 3 is 2.34 bits per heavy atom. The molecule has 3 aliphatic carbocycles. The summed E-state index contributed by atoms with van der Waals surface area (Å²) >= 11 is 7.69. The lowest BCUT2D eigenvalue weighted by Gasteiger charge is -2.19. The van der Waals surface area contributed by atoms with Crippen LogP contribution in [-0.2, 0) is 40.5 Å². The van der Waals surface area contributed by atoms with Crippen molar-refractivity contribution < 1.29 is 18.3 Å². The molecule has 1 aromatic carbocycles. The summed E-state index contributed by atoms with van der Waals surface area (Å²) < 4.78 is 27.2. The maximum atomic E-state index is 12.9. The Bertz CT molecular complexity index is 1080. The number of carbonyl (C=O) groups excluding carboxylic acids is 1. The minimum absolute atomic E-state index is 0.0570. The Kier molecular flexibility index (Phi) is 4.56. The van der Waals surface area contributed by atoms with Crippen LogP contribution in [0.3, 0.4) is 0 Å². The highest BCUT2D eigenvalue weighted by Gasteiger charge is 2.60. The number of benzene rings is 1.